The van der Waals surface area contributed by atoms with Crippen molar-refractivity contribution < 1.29 is 73.8 Å². The summed E-state index contributed by atoms with van der Waals surface area (Å²) in [7, 11) is -12.4. The molecule has 6 N–H and O–H groups in total. The maximum absolute atomic E-state index is 13.0. The molecule has 0 saturated heterocycles. The van der Waals surface area contributed by atoms with Gasteiger partial charge >= 0.3 is 31.1 Å². The first-order valence-electron chi connectivity index (χ1n) is 9.70. The largest absolute Gasteiger partial charge is 0.851 e. The summed E-state index contributed by atoms with van der Waals surface area (Å²) in [5.74, 6) is -8.64. The molecule has 0 bridgehead atoms. The molecule has 1 fully saturated rings. The van der Waals surface area contributed by atoms with Crippen molar-refractivity contribution in [2.45, 2.75) is 35.1 Å². The highest BCUT2D eigenvalue weighted by Crippen LogP contribution is 2.54. The van der Waals surface area contributed by atoms with Gasteiger partial charge in [0.25, 0.3) is 0 Å². The Morgan fingerprint density at radius 3 is 1.18 bits per heavy atom. The van der Waals surface area contributed by atoms with E-state index in [1.165, 1.54) is 0 Å². The molecule has 0 aromatic heterocycles. The fourth-order valence-electron chi connectivity index (χ4n) is 3.85. The van der Waals surface area contributed by atoms with Crippen LogP contribution in [-0.4, -0.2) is 60.5 Å². The highest BCUT2D eigenvalue weighted by molar-refractivity contribution is 7.93. The third-order valence-corrected chi connectivity index (χ3v) is 7.66. The topological polar surface area (TPSA) is 219 Å². The third-order valence-electron chi connectivity index (χ3n) is 5.47. The summed E-state index contributed by atoms with van der Waals surface area (Å²) in [5.41, 5.74) is -16.3. The molecule has 0 spiro atoms. The average Bonchev–Trinajstić information content (AvgIpc) is 2.70. The highest BCUT2D eigenvalue weighted by Gasteiger charge is 2.49. The van der Waals surface area contributed by atoms with Gasteiger partial charge in [-0.1, -0.05) is 0 Å². The van der Waals surface area contributed by atoms with Crippen molar-refractivity contribution in [3.63, 3.8) is 0 Å². The Hall–Kier alpha value is -3.36. The van der Waals surface area contributed by atoms with Crippen molar-refractivity contribution in [1.82, 2.24) is 0 Å². The Balaban J connectivity index is 2.10. The molecular weight excluding hydrogens is 582 g/mol. The third kappa shape index (κ3) is 5.02. The van der Waals surface area contributed by atoms with E-state index in [-0.39, 0.29) is 0 Å². The van der Waals surface area contributed by atoms with Gasteiger partial charge < -0.3 is 30.6 Å². The van der Waals surface area contributed by atoms with Crippen LogP contribution < -0.4 is 19.7 Å². The lowest BCUT2D eigenvalue weighted by Crippen LogP contribution is -2.63. The van der Waals surface area contributed by atoms with Gasteiger partial charge in [-0.2, -0.15) is 43.2 Å². The van der Waals surface area contributed by atoms with Crippen LogP contribution in [0.4, 0.5) is 37.7 Å². The summed E-state index contributed by atoms with van der Waals surface area (Å²) in [6.07, 6.45) is -4.88. The average molecular weight is 596 g/mol. The van der Waals surface area contributed by atoms with Crippen LogP contribution in [0.1, 0.15) is 23.0 Å². The van der Waals surface area contributed by atoms with Gasteiger partial charge in [0.1, 0.15) is 23.0 Å². The number of benzene rings is 2. The van der Waals surface area contributed by atoms with Crippen LogP contribution in [0.2, 0.25) is 0 Å². The molecule has 2 aromatic carbocycles. The summed E-state index contributed by atoms with van der Waals surface area (Å²) in [6, 6.07) is 1.58. The van der Waals surface area contributed by atoms with E-state index in [1.807, 2.05) is 0 Å². The fourth-order valence-corrected chi connectivity index (χ4v) is 5.00. The molecule has 212 valence electrons. The number of phenolic OH excluding ortho intramolecular Hbond substituents is 4. The van der Waals surface area contributed by atoms with Crippen LogP contribution in [0.15, 0.2) is 24.3 Å². The van der Waals surface area contributed by atoms with Crippen LogP contribution in [0, 0.1) is 0 Å². The molecule has 0 unspecified atom stereocenters. The molecule has 1 aliphatic carbocycles. The molecule has 1 aliphatic rings. The molecule has 20 heteroatoms. The minimum atomic E-state index is -6.20. The van der Waals surface area contributed by atoms with Gasteiger partial charge in [0.15, 0.2) is 0 Å². The van der Waals surface area contributed by atoms with E-state index in [9.17, 15) is 73.8 Å². The van der Waals surface area contributed by atoms with E-state index in [1.54, 1.807) is 0 Å². The van der Waals surface area contributed by atoms with Crippen molar-refractivity contribution in [2.24, 2.45) is 0 Å². The zero-order valence-electron chi connectivity index (χ0n) is 17.9. The second-order valence-corrected chi connectivity index (χ2v) is 11.3. The van der Waals surface area contributed by atoms with Gasteiger partial charge in [-0.15, -0.1) is 12.2 Å². The first-order chi connectivity index (χ1) is 17.1. The lowest BCUT2D eigenvalue weighted by Gasteiger charge is -2.62. The van der Waals surface area contributed by atoms with Gasteiger partial charge in [-0.05, 0) is 11.8 Å². The lowest BCUT2D eigenvalue weighted by atomic mass is 9.62. The maximum Gasteiger partial charge on any atom is 0.516 e. The molecule has 1 saturated carbocycles. The zero-order valence-corrected chi connectivity index (χ0v) is 19.6. The van der Waals surface area contributed by atoms with Crippen molar-refractivity contribution >= 4 is 31.4 Å². The Kier molecular flexibility index (Phi) is 7.02. The summed E-state index contributed by atoms with van der Waals surface area (Å²) >= 11 is 0. The van der Waals surface area contributed by atoms with Crippen molar-refractivity contribution in [3.05, 3.63) is 35.4 Å². The van der Waals surface area contributed by atoms with Gasteiger partial charge in [0, 0.05) is 35.4 Å². The molecule has 0 atom stereocenters. The number of halogens is 6. The molecule has 12 nitrogen and oxygen atoms in total. The number of alkyl halides is 6. The zero-order chi connectivity index (χ0) is 29.2. The first kappa shape index (κ1) is 29.2. The number of hydrogen-bond donors (Lipinski definition) is 6. The number of nitrogens with one attached hydrogen (secondary N) is 2. The summed E-state index contributed by atoms with van der Waals surface area (Å²) in [5, 5.41) is 65.5. The predicted octanol–water partition coefficient (Wildman–Crippen LogP) is 0.371. The lowest BCUT2D eigenvalue weighted by molar-refractivity contribution is -0.536. The predicted molar refractivity (Wildman–Crippen MR) is 110 cm³/mol. The maximum atomic E-state index is 13.0. The molecular formula is C18H14F6N2O10S2-2. The minimum absolute atomic E-state index is 0.339. The first-order valence-corrected chi connectivity index (χ1v) is 12.7. The van der Waals surface area contributed by atoms with Crippen LogP contribution in [-0.2, 0) is 20.0 Å². The molecule has 0 heterocycles. The monoisotopic (exact) mass is 596 g/mol. The van der Waals surface area contributed by atoms with Crippen LogP contribution in [0.25, 0.3) is 0 Å². The van der Waals surface area contributed by atoms with E-state index in [4.69, 9.17) is 0 Å². The summed E-state index contributed by atoms with van der Waals surface area (Å²) < 4.78 is 125. The van der Waals surface area contributed by atoms with Crippen LogP contribution >= 0.6 is 0 Å². The van der Waals surface area contributed by atoms with Gasteiger partial charge in [-0.3, -0.25) is 9.44 Å². The number of aromatic hydroxyl groups is 4. The van der Waals surface area contributed by atoms with Crippen molar-refractivity contribution in [3.8, 4) is 23.0 Å². The van der Waals surface area contributed by atoms with E-state index < -0.39 is 101 Å². The summed E-state index contributed by atoms with van der Waals surface area (Å²) in [4.78, 5) is 0. The molecule has 0 aliphatic heterocycles. The van der Waals surface area contributed by atoms with Crippen LogP contribution in [0.5, 0.6) is 23.0 Å². The fraction of sp³-hybridized carbons (Fsp3) is 0.333. The molecule has 0 amide bonds. The number of phenols is 4. The Labute approximate surface area is 208 Å². The minimum Gasteiger partial charge on any atom is -0.851 e. The van der Waals surface area contributed by atoms with Gasteiger partial charge in [0.05, 0.1) is 11.4 Å². The Morgan fingerprint density at radius 1 is 0.632 bits per heavy atom. The molecule has 0 radical (unpaired) electrons. The van der Waals surface area contributed by atoms with Gasteiger partial charge in [0.2, 0.25) is 0 Å². The quantitative estimate of drug-likeness (QED) is 0.252. The Morgan fingerprint density at radius 2 is 0.921 bits per heavy atom. The Bertz CT molecular complexity index is 1360. The van der Waals surface area contributed by atoms with Crippen molar-refractivity contribution in [1.29, 1.82) is 0 Å². The number of sulfonamides is 2. The van der Waals surface area contributed by atoms with E-state index in [2.05, 4.69) is 0 Å². The van der Waals surface area contributed by atoms with Gasteiger partial charge in [-0.25, -0.2) is 0 Å². The van der Waals surface area contributed by atoms with E-state index in [0.717, 1.165) is 9.44 Å². The summed E-state index contributed by atoms with van der Waals surface area (Å²) in [6.45, 7) is 0. The van der Waals surface area contributed by atoms with E-state index >= 15 is 0 Å². The number of rotatable bonds is 6. The number of anilines is 2. The second kappa shape index (κ2) is 9.13. The van der Waals surface area contributed by atoms with Crippen LogP contribution in [0.3, 0.4) is 0 Å². The smallest absolute Gasteiger partial charge is 0.516 e. The molecule has 38 heavy (non-hydrogen) atoms. The van der Waals surface area contributed by atoms with Crippen molar-refractivity contribution in [2.75, 3.05) is 9.44 Å². The number of hydrogen-bond acceptors (Lipinski definition) is 10. The highest BCUT2D eigenvalue weighted by atomic mass is 32.2. The SMILES string of the molecule is O=S(=O)(Nc1cc(O)cc(O)c1C1C([O-])C(c2c(O)cc(O)cc2NS(=O)(=O)C(F)(F)F)C1[O-])C(F)(F)F. The standard InChI is InChI=1S/C18H14F6N2O10S2/c19-17(20,21)37(33,34)25-7-1-5(27)3-9(29)11(7)13-15(31)14(16(13)32)12-8(2-6(28)4-10(12)30)26-38(35,36)18(22,23)24/h1-4,13-16,25-30H/q-2. The normalized spacial score (nSPS) is 22.5. The van der Waals surface area contributed by atoms with E-state index in [0.29, 0.717) is 24.3 Å². The molecule has 3 rings (SSSR count). The second-order valence-electron chi connectivity index (χ2n) is 7.94. The molecule has 2 aromatic rings.